The van der Waals surface area contributed by atoms with Crippen LogP contribution in [0, 0.1) is 5.92 Å². The largest absolute Gasteiger partial charge is 0.451 e. The van der Waals surface area contributed by atoms with Gasteiger partial charge in [-0.3, -0.25) is 10.1 Å². The van der Waals surface area contributed by atoms with Crippen molar-refractivity contribution in [3.63, 3.8) is 0 Å². The number of imide groups is 1. The Balaban J connectivity index is 1.81. The van der Waals surface area contributed by atoms with Crippen molar-refractivity contribution in [1.82, 2.24) is 25.4 Å². The Hall–Kier alpha value is -1.78. The van der Waals surface area contributed by atoms with E-state index in [2.05, 4.69) is 20.8 Å². The van der Waals surface area contributed by atoms with Gasteiger partial charge < -0.3 is 9.88 Å². The van der Waals surface area contributed by atoms with Gasteiger partial charge in [-0.15, -0.1) is 10.2 Å². The zero-order valence-electron chi connectivity index (χ0n) is 13.9. The highest BCUT2D eigenvalue weighted by Gasteiger charge is 2.37. The first-order chi connectivity index (χ1) is 11.7. The summed E-state index contributed by atoms with van der Waals surface area (Å²) in [5.74, 6) is -1.64. The smallest absolute Gasteiger partial charge is 0.335 e. The van der Waals surface area contributed by atoms with Crippen LogP contribution in [0.15, 0.2) is 5.16 Å². The number of rotatable bonds is 4. The molecule has 0 aliphatic heterocycles. The van der Waals surface area contributed by atoms with Crippen molar-refractivity contribution in [2.24, 2.45) is 13.0 Å². The van der Waals surface area contributed by atoms with Crippen LogP contribution in [0.5, 0.6) is 0 Å². The first-order valence-electron chi connectivity index (χ1n) is 7.88. The molecular weight excluding hydrogens is 359 g/mol. The van der Waals surface area contributed by atoms with Crippen molar-refractivity contribution in [2.75, 3.05) is 5.75 Å². The number of hydrogen-bond donors (Lipinski definition) is 2. The number of hydrogen-bond acceptors (Lipinski definition) is 5. The molecule has 0 radical (unpaired) electrons. The molecule has 3 amide bonds. The highest BCUT2D eigenvalue weighted by molar-refractivity contribution is 7.99. The van der Waals surface area contributed by atoms with Gasteiger partial charge in [0.1, 0.15) is 0 Å². The first kappa shape index (κ1) is 19.5. The lowest BCUT2D eigenvalue weighted by atomic mass is 9.86. The predicted octanol–water partition coefficient (Wildman–Crippen LogP) is 2.33. The second-order valence-electron chi connectivity index (χ2n) is 6.04. The van der Waals surface area contributed by atoms with Gasteiger partial charge in [0.2, 0.25) is 11.7 Å². The lowest BCUT2D eigenvalue weighted by Crippen LogP contribution is -2.48. The maximum absolute atomic E-state index is 12.6. The number of aromatic nitrogens is 3. The molecule has 2 atom stereocenters. The van der Waals surface area contributed by atoms with Crippen molar-refractivity contribution in [2.45, 2.75) is 50.0 Å². The van der Waals surface area contributed by atoms with Gasteiger partial charge in [0.15, 0.2) is 5.16 Å². The summed E-state index contributed by atoms with van der Waals surface area (Å²) < 4.78 is 38.6. The Labute approximate surface area is 147 Å². The summed E-state index contributed by atoms with van der Waals surface area (Å²) in [4.78, 5) is 23.6. The van der Waals surface area contributed by atoms with Gasteiger partial charge in [-0.2, -0.15) is 13.2 Å². The van der Waals surface area contributed by atoms with Crippen LogP contribution in [0.2, 0.25) is 0 Å². The molecule has 0 spiro atoms. The molecule has 140 valence electrons. The molecule has 1 aliphatic rings. The van der Waals surface area contributed by atoms with Crippen LogP contribution in [0.3, 0.4) is 0 Å². The lowest BCUT2D eigenvalue weighted by molar-refractivity contribution is -0.147. The van der Waals surface area contributed by atoms with Crippen LogP contribution in [-0.4, -0.2) is 38.5 Å². The second-order valence-corrected chi connectivity index (χ2v) is 6.98. The van der Waals surface area contributed by atoms with E-state index in [0.717, 1.165) is 42.0 Å². The van der Waals surface area contributed by atoms with E-state index >= 15 is 0 Å². The van der Waals surface area contributed by atoms with E-state index < -0.39 is 23.9 Å². The molecule has 11 heteroatoms. The van der Waals surface area contributed by atoms with Gasteiger partial charge in [0.25, 0.3) is 0 Å². The van der Waals surface area contributed by atoms with Crippen molar-refractivity contribution in [3.05, 3.63) is 5.82 Å². The Morgan fingerprint density at radius 3 is 2.56 bits per heavy atom. The first-order valence-corrected chi connectivity index (χ1v) is 8.86. The second kappa shape index (κ2) is 8.07. The van der Waals surface area contributed by atoms with Crippen molar-refractivity contribution >= 4 is 23.7 Å². The quantitative estimate of drug-likeness (QED) is 0.784. The minimum atomic E-state index is -4.61. The Morgan fingerprint density at radius 2 is 1.96 bits per heavy atom. The van der Waals surface area contributed by atoms with E-state index in [4.69, 9.17) is 0 Å². The number of nitrogens with zero attached hydrogens (tertiary/aromatic N) is 3. The van der Waals surface area contributed by atoms with Gasteiger partial charge in [-0.05, 0) is 18.8 Å². The maximum atomic E-state index is 12.6. The number of amides is 3. The summed E-state index contributed by atoms with van der Waals surface area (Å²) in [6, 6.07) is -0.555. The summed E-state index contributed by atoms with van der Waals surface area (Å²) in [6.45, 7) is 2.05. The summed E-state index contributed by atoms with van der Waals surface area (Å²) in [7, 11) is 1.17. The standard InChI is InChI=1S/C14H20F3N5O2S/c1-8-5-3-4-6-9(8)18-12(24)19-10(23)7-25-13-21-20-11(22(13)2)14(15,16)17/h8-9H,3-7H2,1-2H3,(H2,18,19,23,24)/t8-,9-/m0/s1. The van der Waals surface area contributed by atoms with Gasteiger partial charge >= 0.3 is 12.2 Å². The minimum Gasteiger partial charge on any atom is -0.335 e. The fourth-order valence-corrected chi connectivity index (χ4v) is 3.43. The maximum Gasteiger partial charge on any atom is 0.451 e. The zero-order chi connectivity index (χ0) is 18.6. The Bertz CT molecular complexity index is 634. The zero-order valence-corrected chi connectivity index (χ0v) is 14.7. The molecule has 0 aromatic carbocycles. The average molecular weight is 379 g/mol. The van der Waals surface area contributed by atoms with Gasteiger partial charge in [-0.1, -0.05) is 31.5 Å². The number of thioether (sulfide) groups is 1. The molecule has 1 heterocycles. The van der Waals surface area contributed by atoms with Gasteiger partial charge in [0, 0.05) is 13.1 Å². The topological polar surface area (TPSA) is 88.9 Å². The number of nitrogens with one attached hydrogen (secondary N) is 2. The summed E-state index contributed by atoms with van der Waals surface area (Å²) in [6.07, 6.45) is -0.542. The normalized spacial score (nSPS) is 21.0. The molecular formula is C14H20F3N5O2S. The summed E-state index contributed by atoms with van der Waals surface area (Å²) in [5.41, 5.74) is 0. The van der Waals surface area contributed by atoms with Crippen LogP contribution in [0.4, 0.5) is 18.0 Å². The van der Waals surface area contributed by atoms with E-state index in [1.54, 1.807) is 0 Å². The van der Waals surface area contributed by atoms with E-state index in [9.17, 15) is 22.8 Å². The third-order valence-corrected chi connectivity index (χ3v) is 5.12. The summed E-state index contributed by atoms with van der Waals surface area (Å²) in [5, 5.41) is 11.4. The number of carbonyl (C=O) groups excluding carboxylic acids is 2. The van der Waals surface area contributed by atoms with E-state index in [0.29, 0.717) is 5.92 Å². The number of alkyl halides is 3. The van der Waals surface area contributed by atoms with Crippen LogP contribution in [-0.2, 0) is 18.0 Å². The van der Waals surface area contributed by atoms with E-state index in [1.807, 2.05) is 6.92 Å². The molecule has 0 saturated heterocycles. The van der Waals surface area contributed by atoms with Crippen LogP contribution >= 0.6 is 11.8 Å². The fraction of sp³-hybridized carbons (Fsp3) is 0.714. The van der Waals surface area contributed by atoms with Crippen LogP contribution < -0.4 is 10.6 Å². The van der Waals surface area contributed by atoms with E-state index in [1.165, 1.54) is 7.05 Å². The molecule has 2 rings (SSSR count). The molecule has 1 fully saturated rings. The number of carbonyl (C=O) groups is 2. The minimum absolute atomic E-state index is 0.0299. The Morgan fingerprint density at radius 1 is 1.28 bits per heavy atom. The molecule has 7 nitrogen and oxygen atoms in total. The summed E-state index contributed by atoms with van der Waals surface area (Å²) >= 11 is 0.778. The monoisotopic (exact) mass is 379 g/mol. The molecule has 1 saturated carbocycles. The number of urea groups is 1. The molecule has 25 heavy (non-hydrogen) atoms. The lowest BCUT2D eigenvalue weighted by Gasteiger charge is -2.29. The third kappa shape index (κ3) is 5.35. The molecule has 1 aromatic rings. The SMILES string of the molecule is C[C@H]1CCCC[C@@H]1NC(=O)NC(=O)CSc1nnc(C(F)(F)F)n1C. The highest BCUT2D eigenvalue weighted by Crippen LogP contribution is 2.29. The average Bonchev–Trinajstić information content (AvgIpc) is 2.88. The molecule has 2 N–H and O–H groups in total. The molecule has 1 aliphatic carbocycles. The molecule has 0 bridgehead atoms. The van der Waals surface area contributed by atoms with Crippen LogP contribution in [0.1, 0.15) is 38.4 Å². The van der Waals surface area contributed by atoms with Crippen molar-refractivity contribution in [3.8, 4) is 0 Å². The van der Waals surface area contributed by atoms with Crippen LogP contribution in [0.25, 0.3) is 0 Å². The molecule has 0 unspecified atom stereocenters. The van der Waals surface area contributed by atoms with Crippen molar-refractivity contribution in [1.29, 1.82) is 0 Å². The third-order valence-electron chi connectivity index (χ3n) is 4.10. The molecule has 1 aromatic heterocycles. The van der Waals surface area contributed by atoms with Gasteiger partial charge in [0.05, 0.1) is 5.75 Å². The highest BCUT2D eigenvalue weighted by atomic mass is 32.2. The van der Waals surface area contributed by atoms with Crippen molar-refractivity contribution < 1.29 is 22.8 Å². The Kier molecular flexibility index (Phi) is 6.31. The predicted molar refractivity (Wildman–Crippen MR) is 84.8 cm³/mol. The fourth-order valence-electron chi connectivity index (χ4n) is 2.72. The van der Waals surface area contributed by atoms with Gasteiger partial charge in [-0.25, -0.2) is 4.79 Å². The van der Waals surface area contributed by atoms with E-state index in [-0.39, 0.29) is 17.0 Å². The number of halogens is 3.